The zero-order valence-electron chi connectivity index (χ0n) is 54.8. The van der Waals surface area contributed by atoms with Crippen molar-refractivity contribution < 1.29 is 89.4 Å². The van der Waals surface area contributed by atoms with Crippen molar-refractivity contribution >= 4 is 5.91 Å². The van der Waals surface area contributed by atoms with Crippen LogP contribution in [0.2, 0.25) is 0 Å². The van der Waals surface area contributed by atoms with Gasteiger partial charge in [-0.05, 0) is 89.9 Å². The minimum Gasteiger partial charge on any atom is -0.394 e. The Balaban J connectivity index is 1.29. The Kier molecular flexibility index (Phi) is 46.9. The number of carbonyl (C=O) groups excluding carboxylic acids is 1. The number of carbonyl (C=O) groups is 1. The van der Waals surface area contributed by atoms with Gasteiger partial charge in [0.15, 0.2) is 18.9 Å². The molecule has 0 bridgehead atoms. The van der Waals surface area contributed by atoms with Gasteiger partial charge in [0.25, 0.3) is 0 Å². The Hall–Kier alpha value is -3.81. The van der Waals surface area contributed by atoms with E-state index in [0.29, 0.717) is 6.42 Å². The van der Waals surface area contributed by atoms with Gasteiger partial charge in [0.05, 0.1) is 38.6 Å². The van der Waals surface area contributed by atoms with Gasteiger partial charge in [0, 0.05) is 6.42 Å². The van der Waals surface area contributed by atoms with E-state index in [1.54, 1.807) is 6.08 Å². The monoisotopic (exact) mass is 1290 g/mol. The van der Waals surface area contributed by atoms with Gasteiger partial charge in [-0.15, -0.1) is 0 Å². The van der Waals surface area contributed by atoms with Gasteiger partial charge in [-0.2, -0.15) is 0 Å². The highest BCUT2D eigenvalue weighted by Gasteiger charge is 2.53. The lowest BCUT2D eigenvalue weighted by atomic mass is 9.96. The zero-order valence-corrected chi connectivity index (χ0v) is 54.8. The maximum absolute atomic E-state index is 13.3. The minimum atomic E-state index is -1.98. The average Bonchev–Trinajstić information content (AvgIpc) is 1.40. The average molecular weight is 1290 g/mol. The van der Waals surface area contributed by atoms with Gasteiger partial charge in [-0.3, -0.25) is 4.79 Å². The van der Waals surface area contributed by atoms with Crippen molar-refractivity contribution in [3.05, 3.63) is 122 Å². The molecule has 3 aliphatic heterocycles. The lowest BCUT2D eigenvalue weighted by Gasteiger charge is -2.48. The maximum Gasteiger partial charge on any atom is 0.220 e. The summed E-state index contributed by atoms with van der Waals surface area (Å²) < 4.78 is 34.2. The van der Waals surface area contributed by atoms with Gasteiger partial charge in [0.1, 0.15) is 73.2 Å². The number of hydrogen-bond acceptors (Lipinski definition) is 18. The Labute approximate surface area is 544 Å². The number of aliphatic hydroxyl groups is 11. The molecule has 0 aromatic carbocycles. The Morgan fingerprint density at radius 2 is 0.758 bits per heavy atom. The summed E-state index contributed by atoms with van der Waals surface area (Å²) in [5, 5.41) is 120. The number of amides is 1. The van der Waals surface area contributed by atoms with Crippen LogP contribution in [0, 0.1) is 0 Å². The molecule has 0 aromatic rings. The number of aliphatic hydroxyl groups excluding tert-OH is 11. The molecule has 12 N–H and O–H groups in total. The van der Waals surface area contributed by atoms with Crippen LogP contribution in [0.3, 0.4) is 0 Å². The van der Waals surface area contributed by atoms with E-state index in [2.05, 4.69) is 129 Å². The highest BCUT2D eigenvalue weighted by Crippen LogP contribution is 2.33. The summed E-state index contributed by atoms with van der Waals surface area (Å²) in [6.07, 6.45) is 45.3. The smallest absolute Gasteiger partial charge is 0.220 e. The largest absolute Gasteiger partial charge is 0.394 e. The molecule has 3 saturated heterocycles. The third-order valence-electron chi connectivity index (χ3n) is 16.3. The molecule has 3 aliphatic rings. The number of unbranched alkanes of at least 4 members (excludes halogenated alkanes) is 16. The van der Waals surface area contributed by atoms with Crippen LogP contribution in [0.25, 0.3) is 0 Å². The lowest BCUT2D eigenvalue weighted by molar-refractivity contribution is -0.379. The van der Waals surface area contributed by atoms with Gasteiger partial charge in [-0.1, -0.05) is 219 Å². The molecule has 0 radical (unpaired) electrons. The van der Waals surface area contributed by atoms with E-state index in [1.165, 1.54) is 38.5 Å². The normalized spacial score (nSPS) is 28.6. The molecule has 17 atom stereocenters. The first-order valence-electron chi connectivity index (χ1n) is 34.3. The molecule has 3 heterocycles. The van der Waals surface area contributed by atoms with E-state index in [0.717, 1.165) is 128 Å². The molecule has 1 amide bonds. The number of ether oxygens (including phenoxy) is 6. The fourth-order valence-electron chi connectivity index (χ4n) is 10.7. The second kappa shape index (κ2) is 52.5. The minimum absolute atomic E-state index is 0.231. The second-order valence-electron chi connectivity index (χ2n) is 23.9. The number of allylic oxidation sites excluding steroid dienone is 19. The molecule has 0 saturated carbocycles. The first kappa shape index (κ1) is 81.4. The third-order valence-corrected chi connectivity index (χ3v) is 16.3. The standard InChI is InChI=1S/C72H119NO18/c1-3-5-7-9-11-12-13-14-15-16-17-18-19-20-21-22-23-24-25-26-27-28-29-30-31-32-33-34-35-36-37-38-39-40-41-42-44-46-48-50-60(78)73-55(56(77)49-47-45-43-10-8-6-4-2)54-86-70-66(84)63(81)68(58(52-75)88-70)91-72-67(85)64(82)69(59(53-76)89-72)90-71-65(83)62(80)61(79)57(51-74)87-71/h5,7,11-12,14-15,17-18,20-21,23-24,26-27,29-30,32-33,47,49,55-59,61-72,74-77,79-85H,3-4,6,8-10,13,16,19,22,25,28,31,34-46,48,50-54H2,1-2H3,(H,73,78)/b7-5-,12-11-,15-14-,18-17-,21-20-,24-23-,27-26-,30-29-,33-32-,49-47+. The fraction of sp³-hybridized carbons (Fsp3) is 0.708. The van der Waals surface area contributed by atoms with Crippen molar-refractivity contribution in [1.29, 1.82) is 0 Å². The molecular weight excluding hydrogens is 1170 g/mol. The number of nitrogens with one attached hydrogen (secondary N) is 1. The van der Waals surface area contributed by atoms with Crippen molar-refractivity contribution in [2.24, 2.45) is 0 Å². The summed E-state index contributed by atoms with van der Waals surface area (Å²) in [6, 6.07) is -0.979. The molecule has 520 valence electrons. The lowest BCUT2D eigenvalue weighted by Crippen LogP contribution is -2.66. The molecule has 3 fully saturated rings. The van der Waals surface area contributed by atoms with E-state index < -0.39 is 124 Å². The van der Waals surface area contributed by atoms with E-state index >= 15 is 0 Å². The maximum atomic E-state index is 13.3. The Morgan fingerprint density at radius 1 is 0.407 bits per heavy atom. The summed E-state index contributed by atoms with van der Waals surface area (Å²) in [5.74, 6) is -0.289. The predicted molar refractivity (Wildman–Crippen MR) is 355 cm³/mol. The summed E-state index contributed by atoms with van der Waals surface area (Å²) in [4.78, 5) is 13.3. The Bertz CT molecular complexity index is 2120. The molecular formula is C72H119NO18. The predicted octanol–water partition coefficient (Wildman–Crippen LogP) is 8.82. The van der Waals surface area contributed by atoms with E-state index in [1.807, 2.05) is 6.08 Å². The van der Waals surface area contributed by atoms with Crippen molar-refractivity contribution in [2.45, 2.75) is 298 Å². The topological polar surface area (TPSA) is 307 Å². The zero-order chi connectivity index (χ0) is 66.1. The van der Waals surface area contributed by atoms with E-state index in [4.69, 9.17) is 28.4 Å². The molecule has 3 rings (SSSR count). The number of hydrogen-bond donors (Lipinski definition) is 12. The van der Waals surface area contributed by atoms with Crippen LogP contribution < -0.4 is 5.32 Å². The Morgan fingerprint density at radius 3 is 1.19 bits per heavy atom. The molecule has 0 aliphatic carbocycles. The van der Waals surface area contributed by atoms with Crippen LogP contribution in [-0.2, 0) is 33.2 Å². The summed E-state index contributed by atoms with van der Waals surface area (Å²) >= 11 is 0. The van der Waals surface area contributed by atoms with Crippen molar-refractivity contribution in [3.63, 3.8) is 0 Å². The first-order valence-corrected chi connectivity index (χ1v) is 34.3. The molecule has 19 nitrogen and oxygen atoms in total. The molecule has 0 aromatic heterocycles. The quantitative estimate of drug-likeness (QED) is 0.0200. The van der Waals surface area contributed by atoms with Crippen LogP contribution >= 0.6 is 0 Å². The third kappa shape index (κ3) is 34.4. The molecule has 17 unspecified atom stereocenters. The highest BCUT2D eigenvalue weighted by molar-refractivity contribution is 5.76. The van der Waals surface area contributed by atoms with E-state index in [9.17, 15) is 61.0 Å². The highest BCUT2D eigenvalue weighted by atomic mass is 16.8. The molecule has 0 spiro atoms. The summed E-state index contributed by atoms with van der Waals surface area (Å²) in [6.45, 7) is 1.51. The van der Waals surface area contributed by atoms with Crippen LogP contribution in [0.4, 0.5) is 0 Å². The van der Waals surface area contributed by atoms with Crippen LogP contribution in [-0.4, -0.2) is 193 Å². The van der Waals surface area contributed by atoms with Gasteiger partial charge in [-0.25, -0.2) is 0 Å². The van der Waals surface area contributed by atoms with E-state index in [-0.39, 0.29) is 18.9 Å². The van der Waals surface area contributed by atoms with Gasteiger partial charge >= 0.3 is 0 Å². The van der Waals surface area contributed by atoms with Gasteiger partial charge < -0.3 is 89.9 Å². The van der Waals surface area contributed by atoms with Crippen LogP contribution in [0.15, 0.2) is 122 Å². The summed E-state index contributed by atoms with van der Waals surface area (Å²) in [7, 11) is 0. The first-order chi connectivity index (χ1) is 44.3. The number of rotatable bonds is 50. The second-order valence-corrected chi connectivity index (χ2v) is 23.9. The fourth-order valence-corrected chi connectivity index (χ4v) is 10.7. The van der Waals surface area contributed by atoms with Crippen LogP contribution in [0.1, 0.15) is 194 Å². The summed E-state index contributed by atoms with van der Waals surface area (Å²) in [5.41, 5.74) is 0. The van der Waals surface area contributed by atoms with Crippen LogP contribution in [0.5, 0.6) is 0 Å². The van der Waals surface area contributed by atoms with Gasteiger partial charge in [0.2, 0.25) is 5.91 Å². The molecule has 91 heavy (non-hydrogen) atoms. The van der Waals surface area contributed by atoms with Crippen molar-refractivity contribution in [3.8, 4) is 0 Å². The van der Waals surface area contributed by atoms with Crippen molar-refractivity contribution in [2.75, 3.05) is 26.4 Å². The SMILES string of the molecule is CC/C=C\C/C=C\C/C=C\C/C=C\C/C=C\C/C=C\C/C=C\C/C=C\C/C=C\CCCCCCCCCCCCCC(=O)NC(COC1OC(CO)C(OC2OC(CO)C(OC3OC(CO)C(O)C(O)C3O)C(O)C2O)C(O)C1O)C(O)/C=C/CCCCCCC. The molecule has 19 heteroatoms. The van der Waals surface area contributed by atoms with Crippen molar-refractivity contribution in [1.82, 2.24) is 5.32 Å².